The van der Waals surface area contributed by atoms with Gasteiger partial charge in [-0.25, -0.2) is 4.39 Å². The predicted molar refractivity (Wildman–Crippen MR) is 75.2 cm³/mol. The Labute approximate surface area is 120 Å². The molecule has 94 valence electrons. The van der Waals surface area contributed by atoms with E-state index >= 15 is 0 Å². The van der Waals surface area contributed by atoms with Gasteiger partial charge in [0.15, 0.2) is 0 Å². The van der Waals surface area contributed by atoms with Crippen LogP contribution in [-0.4, -0.2) is 10.5 Å². The van der Waals surface area contributed by atoms with Gasteiger partial charge in [0.05, 0.1) is 4.47 Å². The van der Waals surface area contributed by atoms with E-state index < -0.39 is 0 Å². The topological polar surface area (TPSA) is 34.0 Å². The van der Waals surface area contributed by atoms with Crippen LogP contribution in [0.3, 0.4) is 0 Å². The first-order valence-corrected chi connectivity index (χ1v) is 6.64. The lowest BCUT2D eigenvalue weighted by atomic mass is 10.3. The third-order valence-electron chi connectivity index (χ3n) is 2.38. The van der Waals surface area contributed by atoms with Gasteiger partial charge in [0.2, 0.25) is 0 Å². The minimum absolute atomic E-state index is 0.248. The van der Waals surface area contributed by atoms with Gasteiger partial charge in [-0.05, 0) is 56.1 Å². The summed E-state index contributed by atoms with van der Waals surface area (Å²) in [5.41, 5.74) is 1.05. The summed E-state index contributed by atoms with van der Waals surface area (Å²) in [5.74, 6) is -0.615. The first-order chi connectivity index (χ1) is 8.47. The molecule has 0 radical (unpaired) electrons. The highest BCUT2D eigenvalue weighted by molar-refractivity contribution is 9.10. The molecule has 1 aromatic heterocycles. The van der Waals surface area contributed by atoms with Crippen molar-refractivity contribution in [2.24, 2.45) is 7.05 Å². The van der Waals surface area contributed by atoms with Gasteiger partial charge in [0.25, 0.3) is 5.91 Å². The smallest absolute Gasteiger partial charge is 0.272 e. The summed E-state index contributed by atoms with van der Waals surface area (Å²) in [7, 11) is 1.78. The lowest BCUT2D eigenvalue weighted by Gasteiger charge is -2.06. The van der Waals surface area contributed by atoms with Gasteiger partial charge >= 0.3 is 0 Å². The van der Waals surface area contributed by atoms with E-state index in [-0.39, 0.29) is 11.7 Å². The number of amides is 1. The second-order valence-corrected chi connectivity index (χ2v) is 5.51. The highest BCUT2D eigenvalue weighted by Gasteiger charge is 2.11. The Morgan fingerprint density at radius 1 is 1.33 bits per heavy atom. The monoisotopic (exact) mass is 374 g/mol. The van der Waals surface area contributed by atoms with Crippen LogP contribution in [0.5, 0.6) is 0 Å². The van der Waals surface area contributed by atoms with E-state index in [9.17, 15) is 9.18 Å². The van der Waals surface area contributed by atoms with Crippen LogP contribution in [0.4, 0.5) is 10.1 Å². The van der Waals surface area contributed by atoms with Crippen LogP contribution in [0.15, 0.2) is 39.4 Å². The van der Waals surface area contributed by atoms with Crippen molar-refractivity contribution in [2.45, 2.75) is 0 Å². The van der Waals surface area contributed by atoms with Crippen molar-refractivity contribution < 1.29 is 9.18 Å². The number of aromatic nitrogens is 1. The molecule has 2 aromatic rings. The van der Waals surface area contributed by atoms with Gasteiger partial charge < -0.3 is 9.88 Å². The minimum Gasteiger partial charge on any atom is -0.345 e. The Bertz CT molecular complexity index is 610. The van der Waals surface area contributed by atoms with Crippen molar-refractivity contribution in [3.05, 3.63) is 50.9 Å². The summed E-state index contributed by atoms with van der Waals surface area (Å²) in [5, 5.41) is 2.70. The molecule has 0 saturated carbocycles. The number of aryl methyl sites for hydroxylation is 1. The van der Waals surface area contributed by atoms with Crippen molar-refractivity contribution in [2.75, 3.05) is 5.32 Å². The molecule has 0 aliphatic carbocycles. The molecule has 0 aliphatic rings. The molecule has 0 bridgehead atoms. The highest BCUT2D eigenvalue weighted by atomic mass is 79.9. The molecular formula is C12H9Br2FN2O. The number of carbonyl (C=O) groups is 1. The lowest BCUT2D eigenvalue weighted by Crippen LogP contribution is -2.15. The number of hydrogen-bond donors (Lipinski definition) is 1. The summed E-state index contributed by atoms with van der Waals surface area (Å²) in [6.45, 7) is 0. The minimum atomic E-state index is -0.366. The molecule has 0 atom stereocenters. The van der Waals surface area contributed by atoms with Crippen molar-refractivity contribution in [1.29, 1.82) is 0 Å². The number of nitrogens with one attached hydrogen (secondary N) is 1. The highest BCUT2D eigenvalue weighted by Crippen LogP contribution is 2.21. The van der Waals surface area contributed by atoms with Crippen LogP contribution >= 0.6 is 31.9 Å². The number of hydrogen-bond acceptors (Lipinski definition) is 1. The van der Waals surface area contributed by atoms with E-state index in [2.05, 4.69) is 37.2 Å². The molecule has 0 saturated heterocycles. The summed E-state index contributed by atoms with van der Waals surface area (Å²) in [6, 6.07) is 6.04. The van der Waals surface area contributed by atoms with Crippen LogP contribution in [0.1, 0.15) is 10.5 Å². The van der Waals surface area contributed by atoms with Gasteiger partial charge in [0.1, 0.15) is 11.5 Å². The van der Waals surface area contributed by atoms with Gasteiger partial charge in [0, 0.05) is 23.4 Å². The quantitative estimate of drug-likeness (QED) is 0.847. The molecule has 1 N–H and O–H groups in total. The molecule has 1 heterocycles. The fourth-order valence-corrected chi connectivity index (χ4v) is 2.42. The molecule has 3 nitrogen and oxygen atoms in total. The summed E-state index contributed by atoms with van der Waals surface area (Å²) < 4.78 is 15.9. The molecule has 18 heavy (non-hydrogen) atoms. The zero-order valence-corrected chi connectivity index (χ0v) is 12.5. The second kappa shape index (κ2) is 5.24. The molecule has 2 rings (SSSR count). The molecule has 0 aliphatic heterocycles. The summed E-state index contributed by atoms with van der Waals surface area (Å²) in [4.78, 5) is 12.0. The van der Waals surface area contributed by atoms with E-state index in [1.165, 1.54) is 18.2 Å². The number of benzene rings is 1. The van der Waals surface area contributed by atoms with Crippen molar-refractivity contribution >= 4 is 43.5 Å². The molecule has 6 heteroatoms. The van der Waals surface area contributed by atoms with Crippen LogP contribution in [0.2, 0.25) is 0 Å². The zero-order chi connectivity index (χ0) is 13.3. The Kier molecular flexibility index (Phi) is 3.87. The average Bonchev–Trinajstić information content (AvgIpc) is 2.63. The van der Waals surface area contributed by atoms with Gasteiger partial charge in [-0.2, -0.15) is 0 Å². The number of carbonyl (C=O) groups excluding carboxylic acids is 1. The SMILES string of the molecule is Cn1cc(Br)cc1C(=O)Nc1ccc(F)c(Br)c1. The summed E-state index contributed by atoms with van der Waals surface area (Å²) in [6.07, 6.45) is 1.79. The van der Waals surface area contributed by atoms with Gasteiger partial charge in [-0.3, -0.25) is 4.79 Å². The van der Waals surface area contributed by atoms with Crippen LogP contribution in [0.25, 0.3) is 0 Å². The van der Waals surface area contributed by atoms with E-state index in [0.717, 1.165) is 4.47 Å². The number of nitrogens with zero attached hydrogens (tertiary/aromatic N) is 1. The first-order valence-electron chi connectivity index (χ1n) is 5.05. The fourth-order valence-electron chi connectivity index (χ4n) is 1.52. The summed E-state index contributed by atoms with van der Waals surface area (Å²) >= 11 is 6.37. The molecular weight excluding hydrogens is 367 g/mol. The third kappa shape index (κ3) is 2.81. The Balaban J connectivity index is 2.21. The normalized spacial score (nSPS) is 10.4. The zero-order valence-electron chi connectivity index (χ0n) is 9.38. The molecule has 0 spiro atoms. The number of anilines is 1. The Morgan fingerprint density at radius 2 is 2.06 bits per heavy atom. The number of rotatable bonds is 2. The molecule has 1 amide bonds. The van der Waals surface area contributed by atoms with E-state index in [1.54, 1.807) is 23.9 Å². The average molecular weight is 376 g/mol. The van der Waals surface area contributed by atoms with E-state index in [1.807, 2.05) is 0 Å². The Hall–Kier alpha value is -1.14. The van der Waals surface area contributed by atoms with Crippen molar-refractivity contribution in [1.82, 2.24) is 4.57 Å². The maximum atomic E-state index is 13.1. The van der Waals surface area contributed by atoms with E-state index in [0.29, 0.717) is 15.9 Å². The standard InChI is InChI=1S/C12H9Br2FN2O/c1-17-6-7(13)4-11(17)12(18)16-8-2-3-10(15)9(14)5-8/h2-6H,1H3,(H,16,18). The van der Waals surface area contributed by atoms with Gasteiger partial charge in [-0.1, -0.05) is 0 Å². The first kappa shape index (κ1) is 13.3. The maximum absolute atomic E-state index is 13.1. The Morgan fingerprint density at radius 3 is 2.61 bits per heavy atom. The predicted octanol–water partition coefficient (Wildman–Crippen LogP) is 3.94. The second-order valence-electron chi connectivity index (χ2n) is 3.74. The van der Waals surface area contributed by atoms with Crippen molar-refractivity contribution in [3.63, 3.8) is 0 Å². The lowest BCUT2D eigenvalue weighted by molar-refractivity contribution is 0.101. The van der Waals surface area contributed by atoms with E-state index in [4.69, 9.17) is 0 Å². The van der Waals surface area contributed by atoms with Gasteiger partial charge in [-0.15, -0.1) is 0 Å². The van der Waals surface area contributed by atoms with Crippen molar-refractivity contribution in [3.8, 4) is 0 Å². The fraction of sp³-hybridized carbons (Fsp3) is 0.0833. The third-order valence-corrected chi connectivity index (χ3v) is 3.42. The molecule has 0 unspecified atom stereocenters. The molecule has 0 fully saturated rings. The van der Waals surface area contributed by atoms with Crippen LogP contribution < -0.4 is 5.32 Å². The molecule has 1 aromatic carbocycles. The van der Waals surface area contributed by atoms with Crippen LogP contribution in [-0.2, 0) is 7.05 Å². The number of halogens is 3. The maximum Gasteiger partial charge on any atom is 0.272 e. The van der Waals surface area contributed by atoms with Crippen LogP contribution in [0, 0.1) is 5.82 Å². The largest absolute Gasteiger partial charge is 0.345 e.